The molecular weight excluding hydrogens is 302 g/mol. The van der Waals surface area contributed by atoms with Crippen LogP contribution in [0.5, 0.6) is 0 Å². The third-order valence-electron chi connectivity index (χ3n) is 2.96. The zero-order valence-corrected chi connectivity index (χ0v) is 12.1. The van der Waals surface area contributed by atoms with Crippen LogP contribution in [-0.2, 0) is 4.74 Å². The zero-order valence-electron chi connectivity index (χ0n) is 9.74. The Morgan fingerprint density at radius 1 is 1.76 bits per heavy atom. The summed E-state index contributed by atoms with van der Waals surface area (Å²) < 4.78 is 6.58. The summed E-state index contributed by atoms with van der Waals surface area (Å²) in [5.41, 5.74) is 0. The fraction of sp³-hybridized carbons (Fsp3) is 0.583. The smallest absolute Gasteiger partial charge is 0.261 e. The minimum Gasteiger partial charge on any atom is -0.376 e. The van der Waals surface area contributed by atoms with Gasteiger partial charge in [0.05, 0.1) is 17.0 Å². The van der Waals surface area contributed by atoms with Gasteiger partial charge in [0.2, 0.25) is 0 Å². The summed E-state index contributed by atoms with van der Waals surface area (Å²) in [5, 5.41) is 4.98. The topological polar surface area (TPSA) is 38.3 Å². The van der Waals surface area contributed by atoms with E-state index in [1.807, 2.05) is 11.4 Å². The summed E-state index contributed by atoms with van der Waals surface area (Å²) in [7, 11) is 0. The molecule has 1 saturated heterocycles. The van der Waals surface area contributed by atoms with E-state index in [9.17, 15) is 4.79 Å². The maximum Gasteiger partial charge on any atom is 0.261 e. The zero-order chi connectivity index (χ0) is 12.3. The van der Waals surface area contributed by atoms with Crippen LogP contribution in [-0.4, -0.2) is 24.7 Å². The molecule has 94 valence electrons. The highest BCUT2D eigenvalue weighted by Gasteiger charge is 2.26. The van der Waals surface area contributed by atoms with E-state index in [4.69, 9.17) is 4.74 Å². The van der Waals surface area contributed by atoms with Crippen molar-refractivity contribution in [3.63, 3.8) is 0 Å². The van der Waals surface area contributed by atoms with Gasteiger partial charge in [-0.3, -0.25) is 4.79 Å². The molecule has 0 bridgehead atoms. The third-order valence-corrected chi connectivity index (χ3v) is 4.65. The van der Waals surface area contributed by atoms with Crippen molar-refractivity contribution in [1.82, 2.24) is 5.32 Å². The van der Waals surface area contributed by atoms with Gasteiger partial charge >= 0.3 is 0 Å². The number of amides is 1. The number of hydrogen-bond donors (Lipinski definition) is 1. The average molecular weight is 318 g/mol. The first-order valence-corrected chi connectivity index (χ1v) is 7.54. The number of thiophene rings is 1. The third kappa shape index (κ3) is 3.30. The second-order valence-corrected chi connectivity index (χ2v) is 6.00. The Kier molecular flexibility index (Phi) is 4.59. The standard InChI is InChI=1S/C12H16BrNO2S/c1-2-9(10-4-3-5-16-10)14-12(15)11-6-8(13)7-17-11/h6-7,9-10H,2-5H2,1H3,(H,14,15). The van der Waals surface area contributed by atoms with Crippen LogP contribution in [0.25, 0.3) is 0 Å². The molecule has 1 fully saturated rings. The van der Waals surface area contributed by atoms with E-state index >= 15 is 0 Å². The molecule has 17 heavy (non-hydrogen) atoms. The molecule has 0 spiro atoms. The Bertz CT molecular complexity index is 388. The van der Waals surface area contributed by atoms with Crippen LogP contribution < -0.4 is 5.32 Å². The van der Waals surface area contributed by atoms with Gasteiger partial charge in [-0.05, 0) is 41.3 Å². The summed E-state index contributed by atoms with van der Waals surface area (Å²) in [6.07, 6.45) is 3.24. The van der Waals surface area contributed by atoms with E-state index in [0.29, 0.717) is 0 Å². The first kappa shape index (κ1) is 13.1. The molecule has 2 unspecified atom stereocenters. The van der Waals surface area contributed by atoms with Crippen LogP contribution in [0.3, 0.4) is 0 Å². The first-order valence-electron chi connectivity index (χ1n) is 5.87. The van der Waals surface area contributed by atoms with E-state index in [1.54, 1.807) is 0 Å². The lowest BCUT2D eigenvalue weighted by Gasteiger charge is -2.22. The molecule has 2 rings (SSSR count). The molecule has 0 radical (unpaired) electrons. The SMILES string of the molecule is CCC(NC(=O)c1cc(Br)cs1)C1CCCO1. The summed E-state index contributed by atoms with van der Waals surface area (Å²) in [5.74, 6) is 0.00282. The van der Waals surface area contributed by atoms with Crippen LogP contribution in [0.4, 0.5) is 0 Å². The lowest BCUT2D eigenvalue weighted by atomic mass is 10.1. The molecule has 1 aliphatic rings. The molecule has 1 N–H and O–H groups in total. The van der Waals surface area contributed by atoms with E-state index in [0.717, 1.165) is 35.2 Å². The minimum absolute atomic E-state index is 0.00282. The highest BCUT2D eigenvalue weighted by atomic mass is 79.9. The number of ether oxygens (including phenoxy) is 1. The van der Waals surface area contributed by atoms with Crippen molar-refractivity contribution in [3.8, 4) is 0 Å². The molecule has 0 aliphatic carbocycles. The Morgan fingerprint density at radius 3 is 3.12 bits per heavy atom. The quantitative estimate of drug-likeness (QED) is 0.926. The fourth-order valence-electron chi connectivity index (χ4n) is 2.05. The molecule has 0 saturated carbocycles. The maximum absolute atomic E-state index is 12.0. The normalized spacial score (nSPS) is 21.4. The van der Waals surface area contributed by atoms with E-state index in [1.165, 1.54) is 11.3 Å². The second kappa shape index (κ2) is 5.98. The Morgan fingerprint density at radius 2 is 2.59 bits per heavy atom. The van der Waals surface area contributed by atoms with Crippen LogP contribution in [0.1, 0.15) is 35.9 Å². The molecular formula is C12H16BrNO2S. The summed E-state index contributed by atoms with van der Waals surface area (Å²) in [6.45, 7) is 2.90. The van der Waals surface area contributed by atoms with Gasteiger partial charge in [-0.15, -0.1) is 11.3 Å². The van der Waals surface area contributed by atoms with Crippen LogP contribution in [0.2, 0.25) is 0 Å². The maximum atomic E-state index is 12.0. The lowest BCUT2D eigenvalue weighted by Crippen LogP contribution is -2.42. The molecule has 2 heterocycles. The molecule has 5 heteroatoms. The van der Waals surface area contributed by atoms with Gasteiger partial charge in [0.1, 0.15) is 0 Å². The molecule has 1 aromatic rings. The number of carbonyl (C=O) groups is 1. The highest BCUT2D eigenvalue weighted by Crippen LogP contribution is 2.21. The molecule has 2 atom stereocenters. The highest BCUT2D eigenvalue weighted by molar-refractivity contribution is 9.10. The van der Waals surface area contributed by atoms with Crippen molar-refractivity contribution in [1.29, 1.82) is 0 Å². The number of hydrogen-bond acceptors (Lipinski definition) is 3. The minimum atomic E-state index is 0.00282. The van der Waals surface area contributed by atoms with Gasteiger partial charge in [0.25, 0.3) is 5.91 Å². The number of halogens is 1. The van der Waals surface area contributed by atoms with Gasteiger partial charge in [0.15, 0.2) is 0 Å². The molecule has 1 aromatic heterocycles. The monoisotopic (exact) mass is 317 g/mol. The van der Waals surface area contributed by atoms with E-state index < -0.39 is 0 Å². The van der Waals surface area contributed by atoms with Crippen LogP contribution in [0, 0.1) is 0 Å². The lowest BCUT2D eigenvalue weighted by molar-refractivity contribution is 0.0667. The molecule has 0 aromatic carbocycles. The van der Waals surface area contributed by atoms with Gasteiger partial charge in [-0.1, -0.05) is 6.92 Å². The van der Waals surface area contributed by atoms with Crippen molar-refractivity contribution in [2.75, 3.05) is 6.61 Å². The molecule has 3 nitrogen and oxygen atoms in total. The van der Waals surface area contributed by atoms with E-state index in [2.05, 4.69) is 28.2 Å². The number of carbonyl (C=O) groups excluding carboxylic acids is 1. The van der Waals surface area contributed by atoms with Crippen molar-refractivity contribution < 1.29 is 9.53 Å². The van der Waals surface area contributed by atoms with Crippen molar-refractivity contribution in [2.45, 2.75) is 38.3 Å². The first-order chi connectivity index (χ1) is 8.20. The van der Waals surface area contributed by atoms with Crippen molar-refractivity contribution >= 4 is 33.2 Å². The Labute approximate surface area is 114 Å². The second-order valence-electron chi connectivity index (χ2n) is 4.17. The summed E-state index contributed by atoms with van der Waals surface area (Å²) >= 11 is 4.81. The Balaban J connectivity index is 1.96. The summed E-state index contributed by atoms with van der Waals surface area (Å²) in [6, 6.07) is 1.98. The predicted octanol–water partition coefficient (Wildman–Crippen LogP) is 3.20. The Hall–Kier alpha value is -0.390. The van der Waals surface area contributed by atoms with Gasteiger partial charge in [-0.2, -0.15) is 0 Å². The van der Waals surface area contributed by atoms with Gasteiger partial charge in [0, 0.05) is 16.5 Å². The van der Waals surface area contributed by atoms with E-state index in [-0.39, 0.29) is 18.1 Å². The average Bonchev–Trinajstić information content (AvgIpc) is 2.96. The predicted molar refractivity (Wildman–Crippen MR) is 72.5 cm³/mol. The molecule has 1 aliphatic heterocycles. The van der Waals surface area contributed by atoms with Gasteiger partial charge in [-0.25, -0.2) is 0 Å². The van der Waals surface area contributed by atoms with Crippen molar-refractivity contribution in [2.24, 2.45) is 0 Å². The number of rotatable bonds is 4. The van der Waals surface area contributed by atoms with Gasteiger partial charge < -0.3 is 10.1 Å². The largest absolute Gasteiger partial charge is 0.376 e. The fourth-order valence-corrected chi connectivity index (χ4v) is 3.38. The van der Waals surface area contributed by atoms with Crippen LogP contribution >= 0.6 is 27.3 Å². The number of nitrogens with one attached hydrogen (secondary N) is 1. The van der Waals surface area contributed by atoms with Crippen molar-refractivity contribution in [3.05, 3.63) is 20.8 Å². The molecule has 1 amide bonds. The summed E-state index contributed by atoms with van der Waals surface area (Å²) in [4.78, 5) is 12.8. The van der Waals surface area contributed by atoms with Crippen LogP contribution in [0.15, 0.2) is 15.9 Å².